The molecule has 0 saturated heterocycles. The van der Waals surface area contributed by atoms with Crippen LogP contribution in [0, 0.1) is 11.3 Å². The lowest BCUT2D eigenvalue weighted by Crippen LogP contribution is -2.40. The van der Waals surface area contributed by atoms with Gasteiger partial charge in [0.1, 0.15) is 0 Å². The van der Waals surface area contributed by atoms with Crippen LogP contribution in [0.15, 0.2) is 4.99 Å². The van der Waals surface area contributed by atoms with Gasteiger partial charge in [0.15, 0.2) is 5.96 Å². The molecule has 0 aliphatic heterocycles. The molecule has 2 aliphatic rings. The van der Waals surface area contributed by atoms with Crippen LogP contribution in [-0.2, 0) is 0 Å². The molecule has 0 aromatic carbocycles. The Labute approximate surface area is 105 Å². The quantitative estimate of drug-likeness (QED) is 0.550. The average Bonchev–Trinajstić information content (AvgIpc) is 3.08. The number of nitrogens with one attached hydrogen (secondary N) is 2. The Morgan fingerprint density at radius 3 is 2.47 bits per heavy atom. The first-order valence-corrected chi connectivity index (χ1v) is 7.30. The zero-order valence-electron chi connectivity index (χ0n) is 11.4. The fourth-order valence-corrected chi connectivity index (χ4v) is 2.45. The molecule has 17 heavy (non-hydrogen) atoms. The molecule has 2 fully saturated rings. The van der Waals surface area contributed by atoms with Gasteiger partial charge in [-0.05, 0) is 50.4 Å². The van der Waals surface area contributed by atoms with Crippen molar-refractivity contribution in [3.63, 3.8) is 0 Å². The summed E-state index contributed by atoms with van der Waals surface area (Å²) in [7, 11) is 0. The van der Waals surface area contributed by atoms with Crippen LogP contribution in [-0.4, -0.2) is 25.6 Å². The molecule has 2 rings (SSSR count). The molecule has 0 heterocycles. The van der Waals surface area contributed by atoms with Gasteiger partial charge in [-0.15, -0.1) is 0 Å². The van der Waals surface area contributed by atoms with Crippen LogP contribution in [0.3, 0.4) is 0 Å². The summed E-state index contributed by atoms with van der Waals surface area (Å²) in [6.07, 6.45) is 8.20. The van der Waals surface area contributed by atoms with Crippen LogP contribution in [0.2, 0.25) is 0 Å². The Morgan fingerprint density at radius 1 is 1.24 bits per heavy atom. The van der Waals surface area contributed by atoms with Crippen molar-refractivity contribution in [3.8, 4) is 0 Å². The molecule has 0 atom stereocenters. The van der Waals surface area contributed by atoms with Crippen molar-refractivity contribution < 1.29 is 0 Å². The van der Waals surface area contributed by atoms with Gasteiger partial charge in [-0.3, -0.25) is 4.99 Å². The van der Waals surface area contributed by atoms with Crippen molar-refractivity contribution in [2.24, 2.45) is 16.3 Å². The predicted octanol–water partition coefficient (Wildman–Crippen LogP) is 2.53. The van der Waals surface area contributed by atoms with Crippen LogP contribution in [0.4, 0.5) is 0 Å². The Bertz CT molecular complexity index is 259. The van der Waals surface area contributed by atoms with Gasteiger partial charge < -0.3 is 10.6 Å². The predicted molar refractivity (Wildman–Crippen MR) is 73.3 cm³/mol. The summed E-state index contributed by atoms with van der Waals surface area (Å²) >= 11 is 0. The van der Waals surface area contributed by atoms with E-state index in [2.05, 4.69) is 24.5 Å². The maximum Gasteiger partial charge on any atom is 0.191 e. The molecular weight excluding hydrogens is 210 g/mol. The molecule has 0 bridgehead atoms. The number of hydrogen-bond acceptors (Lipinski definition) is 1. The molecule has 0 aromatic rings. The summed E-state index contributed by atoms with van der Waals surface area (Å²) in [6.45, 7) is 7.50. The van der Waals surface area contributed by atoms with Crippen molar-refractivity contribution in [2.45, 2.75) is 52.4 Å². The SMILES string of the molecule is CCNC(=NCC1(CC)CCC1)NCC1CC1. The van der Waals surface area contributed by atoms with E-state index in [-0.39, 0.29) is 0 Å². The lowest BCUT2D eigenvalue weighted by molar-refractivity contribution is 0.139. The standard InChI is InChI=1S/C14H27N3/c1-3-14(8-5-9-14)11-17-13(15-4-2)16-10-12-6-7-12/h12H,3-11H2,1-2H3,(H2,15,16,17). The number of nitrogens with zero attached hydrogens (tertiary/aromatic N) is 1. The van der Waals surface area contributed by atoms with E-state index in [1.165, 1.54) is 38.5 Å². The van der Waals surface area contributed by atoms with Gasteiger partial charge in [0, 0.05) is 19.6 Å². The van der Waals surface area contributed by atoms with Crippen LogP contribution >= 0.6 is 0 Å². The van der Waals surface area contributed by atoms with Gasteiger partial charge >= 0.3 is 0 Å². The molecule has 2 saturated carbocycles. The van der Waals surface area contributed by atoms with Crippen LogP contribution < -0.4 is 10.6 Å². The van der Waals surface area contributed by atoms with Gasteiger partial charge in [-0.2, -0.15) is 0 Å². The maximum atomic E-state index is 4.77. The highest BCUT2D eigenvalue weighted by molar-refractivity contribution is 5.79. The van der Waals surface area contributed by atoms with Crippen molar-refractivity contribution in [2.75, 3.05) is 19.6 Å². The van der Waals surface area contributed by atoms with Gasteiger partial charge in [0.25, 0.3) is 0 Å². The summed E-state index contributed by atoms with van der Waals surface area (Å²) in [5.41, 5.74) is 0.530. The molecule has 0 unspecified atom stereocenters. The van der Waals surface area contributed by atoms with E-state index in [4.69, 9.17) is 4.99 Å². The first-order valence-electron chi connectivity index (χ1n) is 7.30. The lowest BCUT2D eigenvalue weighted by Gasteiger charge is -2.40. The molecule has 3 nitrogen and oxygen atoms in total. The number of rotatable bonds is 6. The fraction of sp³-hybridized carbons (Fsp3) is 0.929. The second kappa shape index (κ2) is 5.74. The minimum atomic E-state index is 0.530. The minimum Gasteiger partial charge on any atom is -0.357 e. The topological polar surface area (TPSA) is 36.4 Å². The lowest BCUT2D eigenvalue weighted by atomic mass is 9.67. The Hall–Kier alpha value is -0.730. The Balaban J connectivity index is 1.80. The smallest absolute Gasteiger partial charge is 0.191 e. The first-order chi connectivity index (χ1) is 8.28. The van der Waals surface area contributed by atoms with Crippen LogP contribution in [0.25, 0.3) is 0 Å². The second-order valence-electron chi connectivity index (χ2n) is 5.73. The van der Waals surface area contributed by atoms with E-state index in [0.717, 1.165) is 31.5 Å². The van der Waals surface area contributed by atoms with E-state index in [9.17, 15) is 0 Å². The van der Waals surface area contributed by atoms with E-state index < -0.39 is 0 Å². The minimum absolute atomic E-state index is 0.530. The van der Waals surface area contributed by atoms with E-state index in [1.54, 1.807) is 0 Å². The molecule has 98 valence electrons. The molecule has 0 radical (unpaired) electrons. The molecule has 0 spiro atoms. The summed E-state index contributed by atoms with van der Waals surface area (Å²) in [6, 6.07) is 0. The largest absolute Gasteiger partial charge is 0.357 e. The molecule has 0 amide bonds. The third kappa shape index (κ3) is 3.62. The Morgan fingerprint density at radius 2 is 2.00 bits per heavy atom. The van der Waals surface area contributed by atoms with Gasteiger partial charge in [-0.25, -0.2) is 0 Å². The first kappa shape index (κ1) is 12.7. The highest BCUT2D eigenvalue weighted by Crippen LogP contribution is 2.43. The average molecular weight is 237 g/mol. The highest BCUT2D eigenvalue weighted by atomic mass is 15.2. The van der Waals surface area contributed by atoms with Gasteiger partial charge in [0.2, 0.25) is 0 Å². The summed E-state index contributed by atoms with van der Waals surface area (Å²) in [4.78, 5) is 4.77. The maximum absolute atomic E-state index is 4.77. The zero-order chi connectivity index (χ0) is 12.1. The Kier molecular flexibility index (Phi) is 4.30. The van der Waals surface area contributed by atoms with E-state index in [0.29, 0.717) is 5.41 Å². The fourth-order valence-electron chi connectivity index (χ4n) is 2.45. The van der Waals surface area contributed by atoms with E-state index >= 15 is 0 Å². The molecular formula is C14H27N3. The van der Waals surface area contributed by atoms with E-state index in [1.807, 2.05) is 0 Å². The van der Waals surface area contributed by atoms with Gasteiger partial charge in [0.05, 0.1) is 0 Å². The van der Waals surface area contributed by atoms with Crippen molar-refractivity contribution in [1.82, 2.24) is 10.6 Å². The summed E-state index contributed by atoms with van der Waals surface area (Å²) in [5, 5.41) is 6.82. The monoisotopic (exact) mass is 237 g/mol. The van der Waals surface area contributed by atoms with Crippen molar-refractivity contribution >= 4 is 5.96 Å². The molecule has 2 N–H and O–H groups in total. The zero-order valence-corrected chi connectivity index (χ0v) is 11.4. The van der Waals surface area contributed by atoms with Crippen LogP contribution in [0.5, 0.6) is 0 Å². The summed E-state index contributed by atoms with van der Waals surface area (Å²) < 4.78 is 0. The number of hydrogen-bond donors (Lipinski definition) is 2. The highest BCUT2D eigenvalue weighted by Gasteiger charge is 2.34. The van der Waals surface area contributed by atoms with Gasteiger partial charge in [-0.1, -0.05) is 13.3 Å². The third-order valence-electron chi connectivity index (χ3n) is 4.34. The van der Waals surface area contributed by atoms with Crippen LogP contribution in [0.1, 0.15) is 52.4 Å². The third-order valence-corrected chi connectivity index (χ3v) is 4.34. The number of guanidine groups is 1. The van der Waals surface area contributed by atoms with Crippen molar-refractivity contribution in [1.29, 1.82) is 0 Å². The molecule has 3 heteroatoms. The molecule has 0 aromatic heterocycles. The summed E-state index contributed by atoms with van der Waals surface area (Å²) in [5.74, 6) is 1.93. The normalized spacial score (nSPS) is 23.1. The second-order valence-corrected chi connectivity index (χ2v) is 5.73. The number of aliphatic imine (C=N–C) groups is 1. The van der Waals surface area contributed by atoms with Crippen molar-refractivity contribution in [3.05, 3.63) is 0 Å². The molecule has 2 aliphatic carbocycles.